The van der Waals surface area contributed by atoms with Crippen molar-refractivity contribution in [3.8, 4) is 5.75 Å². The number of hydrogen-bond donors (Lipinski definition) is 1. The van der Waals surface area contributed by atoms with Gasteiger partial charge in [0.2, 0.25) is 0 Å². The summed E-state index contributed by atoms with van der Waals surface area (Å²) in [5.74, 6) is 1.22. The van der Waals surface area contributed by atoms with Gasteiger partial charge < -0.3 is 14.7 Å². The summed E-state index contributed by atoms with van der Waals surface area (Å²) < 4.78 is 5.97. The van der Waals surface area contributed by atoms with Crippen molar-refractivity contribution in [2.75, 3.05) is 26.2 Å². The Kier molecular flexibility index (Phi) is 5.60. The molecule has 2 aliphatic rings. The van der Waals surface area contributed by atoms with E-state index in [4.69, 9.17) is 4.74 Å². The lowest BCUT2D eigenvalue weighted by molar-refractivity contribution is 0.0904. The Morgan fingerprint density at radius 2 is 1.87 bits per heavy atom. The zero-order valence-electron chi connectivity index (χ0n) is 14.7. The molecule has 2 aliphatic heterocycles. The monoisotopic (exact) mass is 317 g/mol. The number of fused-ring (bicyclic) bond motifs is 1. The molecule has 2 unspecified atom stereocenters. The first kappa shape index (κ1) is 16.8. The zero-order chi connectivity index (χ0) is 16.2. The average molecular weight is 317 g/mol. The molecule has 0 radical (unpaired) electrons. The highest BCUT2D eigenvalue weighted by Gasteiger charge is 2.28. The van der Waals surface area contributed by atoms with E-state index in [9.17, 15) is 5.11 Å². The van der Waals surface area contributed by atoms with Crippen molar-refractivity contribution in [1.29, 1.82) is 0 Å². The third kappa shape index (κ3) is 4.07. The summed E-state index contributed by atoms with van der Waals surface area (Å²) in [5, 5.41) is 10.9. The number of aliphatic hydroxyl groups excluding tert-OH is 1. The van der Waals surface area contributed by atoms with Gasteiger partial charge in [-0.15, -0.1) is 0 Å². The van der Waals surface area contributed by atoms with Crippen LogP contribution in [0.2, 0.25) is 0 Å². The minimum atomic E-state index is -0.391. The molecular formula is C20H31NO2. The molecule has 0 aromatic heterocycles. The molecule has 1 aromatic carbocycles. The zero-order valence-corrected chi connectivity index (χ0v) is 14.7. The first-order chi connectivity index (χ1) is 11.1. The van der Waals surface area contributed by atoms with Crippen LogP contribution < -0.4 is 4.74 Å². The second kappa shape index (κ2) is 7.67. The highest BCUT2D eigenvalue weighted by molar-refractivity contribution is 5.45. The number of ether oxygens (including phenoxy) is 1. The molecule has 1 fully saturated rings. The average Bonchev–Trinajstić information content (AvgIpc) is 2.86. The number of aliphatic hydroxyl groups is 1. The number of nitrogens with zero attached hydrogens (tertiary/aromatic N) is 1. The maximum absolute atomic E-state index is 10.9. The van der Waals surface area contributed by atoms with Crippen LogP contribution in [0.5, 0.6) is 5.75 Å². The van der Waals surface area contributed by atoms with Crippen molar-refractivity contribution >= 4 is 0 Å². The second-order valence-corrected chi connectivity index (χ2v) is 7.39. The van der Waals surface area contributed by atoms with Crippen LogP contribution in [0, 0.1) is 19.8 Å². The summed E-state index contributed by atoms with van der Waals surface area (Å²) in [6.45, 7) is 8.47. The van der Waals surface area contributed by atoms with E-state index in [-0.39, 0.29) is 0 Å². The van der Waals surface area contributed by atoms with Crippen molar-refractivity contribution in [3.63, 3.8) is 0 Å². The summed E-state index contributed by atoms with van der Waals surface area (Å²) in [4.78, 5) is 2.59. The van der Waals surface area contributed by atoms with E-state index in [0.717, 1.165) is 42.9 Å². The second-order valence-electron chi connectivity index (χ2n) is 7.39. The van der Waals surface area contributed by atoms with Gasteiger partial charge in [0.05, 0.1) is 12.7 Å². The van der Waals surface area contributed by atoms with E-state index < -0.39 is 6.10 Å². The Labute approximate surface area is 140 Å². The Bertz CT molecular complexity index is 521. The van der Waals surface area contributed by atoms with Crippen molar-refractivity contribution in [3.05, 3.63) is 28.8 Å². The van der Waals surface area contributed by atoms with Crippen LogP contribution in [0.3, 0.4) is 0 Å². The topological polar surface area (TPSA) is 32.7 Å². The van der Waals surface area contributed by atoms with Gasteiger partial charge in [0, 0.05) is 5.56 Å². The molecular weight excluding hydrogens is 286 g/mol. The van der Waals surface area contributed by atoms with Gasteiger partial charge in [-0.3, -0.25) is 0 Å². The fraction of sp³-hybridized carbons (Fsp3) is 0.700. The van der Waals surface area contributed by atoms with Crippen LogP contribution in [-0.4, -0.2) is 36.2 Å². The van der Waals surface area contributed by atoms with E-state index in [1.165, 1.54) is 44.3 Å². The maximum Gasteiger partial charge on any atom is 0.128 e. The lowest BCUT2D eigenvalue weighted by atomic mass is 9.89. The molecule has 0 amide bonds. The number of likely N-dealkylation sites (tertiary alicyclic amines) is 1. The molecule has 3 rings (SSSR count). The molecule has 1 N–H and O–H groups in total. The number of benzene rings is 1. The number of hydrogen-bond acceptors (Lipinski definition) is 3. The lowest BCUT2D eigenvalue weighted by Gasteiger charge is -2.25. The highest BCUT2D eigenvalue weighted by Crippen LogP contribution is 2.39. The summed E-state index contributed by atoms with van der Waals surface area (Å²) in [7, 11) is 0. The fourth-order valence-electron chi connectivity index (χ4n) is 4.14. The smallest absolute Gasteiger partial charge is 0.128 e. The van der Waals surface area contributed by atoms with Crippen LogP contribution in [0.1, 0.15) is 61.3 Å². The summed E-state index contributed by atoms with van der Waals surface area (Å²) in [5.41, 5.74) is 3.35. The van der Waals surface area contributed by atoms with E-state index in [1.807, 2.05) is 0 Å². The lowest BCUT2D eigenvalue weighted by Crippen LogP contribution is -2.28. The predicted octanol–water partition coefficient (Wildman–Crippen LogP) is 4.00. The normalized spacial score (nSPS) is 26.0. The highest BCUT2D eigenvalue weighted by atomic mass is 16.5. The summed E-state index contributed by atoms with van der Waals surface area (Å²) in [6.07, 6.45) is 7.04. The van der Waals surface area contributed by atoms with Gasteiger partial charge in [-0.1, -0.05) is 24.5 Å². The predicted molar refractivity (Wildman–Crippen MR) is 94.0 cm³/mol. The van der Waals surface area contributed by atoms with Crippen LogP contribution in [0.4, 0.5) is 0 Å². The quantitative estimate of drug-likeness (QED) is 0.914. The number of rotatable bonds is 3. The van der Waals surface area contributed by atoms with Gasteiger partial charge >= 0.3 is 0 Å². The molecule has 23 heavy (non-hydrogen) atoms. The van der Waals surface area contributed by atoms with Crippen LogP contribution in [0.15, 0.2) is 12.1 Å². The van der Waals surface area contributed by atoms with E-state index >= 15 is 0 Å². The van der Waals surface area contributed by atoms with Gasteiger partial charge in [0.15, 0.2) is 0 Å². The third-order valence-electron chi connectivity index (χ3n) is 5.46. The standard InChI is InChI=1S/C20H31NO2/c1-15-13-16(2)20-18(14-15)19(22)17(8-12-23-20)7-11-21-9-5-3-4-6-10-21/h13-14,17,19,22H,3-12H2,1-2H3. The molecule has 1 saturated heterocycles. The SMILES string of the molecule is Cc1cc(C)c2c(c1)C(O)C(CCN1CCCCCC1)CCO2. The molecule has 0 aliphatic carbocycles. The first-order valence-corrected chi connectivity index (χ1v) is 9.29. The van der Waals surface area contributed by atoms with Gasteiger partial charge in [-0.2, -0.15) is 0 Å². The Morgan fingerprint density at radius 1 is 1.13 bits per heavy atom. The van der Waals surface area contributed by atoms with Crippen LogP contribution in [0.25, 0.3) is 0 Å². The summed E-state index contributed by atoms with van der Waals surface area (Å²) in [6, 6.07) is 4.25. The minimum absolute atomic E-state index is 0.306. The molecule has 3 nitrogen and oxygen atoms in total. The Morgan fingerprint density at radius 3 is 2.61 bits per heavy atom. The number of aryl methyl sites for hydroxylation is 2. The first-order valence-electron chi connectivity index (χ1n) is 9.29. The molecule has 1 aromatic rings. The molecule has 2 atom stereocenters. The van der Waals surface area contributed by atoms with Crippen molar-refractivity contribution in [2.24, 2.45) is 5.92 Å². The van der Waals surface area contributed by atoms with Crippen LogP contribution >= 0.6 is 0 Å². The van der Waals surface area contributed by atoms with Crippen LogP contribution in [-0.2, 0) is 0 Å². The molecule has 128 valence electrons. The molecule has 0 spiro atoms. The third-order valence-corrected chi connectivity index (χ3v) is 5.46. The van der Waals surface area contributed by atoms with Gasteiger partial charge in [-0.25, -0.2) is 0 Å². The molecule has 2 heterocycles. The maximum atomic E-state index is 10.9. The van der Waals surface area contributed by atoms with E-state index in [1.54, 1.807) is 0 Å². The van der Waals surface area contributed by atoms with Gasteiger partial charge in [-0.05, 0) is 76.7 Å². The van der Waals surface area contributed by atoms with Crippen molar-refractivity contribution in [2.45, 2.75) is 58.5 Å². The molecule has 0 bridgehead atoms. The van der Waals surface area contributed by atoms with Gasteiger partial charge in [0.25, 0.3) is 0 Å². The Hall–Kier alpha value is -1.06. The van der Waals surface area contributed by atoms with Gasteiger partial charge in [0.1, 0.15) is 5.75 Å². The molecule has 0 saturated carbocycles. The van der Waals surface area contributed by atoms with E-state index in [0.29, 0.717) is 5.92 Å². The molecule has 3 heteroatoms. The van der Waals surface area contributed by atoms with Crippen molar-refractivity contribution in [1.82, 2.24) is 4.90 Å². The minimum Gasteiger partial charge on any atom is -0.493 e. The van der Waals surface area contributed by atoms with Crippen molar-refractivity contribution < 1.29 is 9.84 Å². The summed E-state index contributed by atoms with van der Waals surface area (Å²) >= 11 is 0. The fourth-order valence-corrected chi connectivity index (χ4v) is 4.14. The Balaban J connectivity index is 1.68. The largest absolute Gasteiger partial charge is 0.493 e. The van der Waals surface area contributed by atoms with E-state index in [2.05, 4.69) is 30.9 Å².